The van der Waals surface area contributed by atoms with Gasteiger partial charge in [0.05, 0.1) is 5.02 Å². The Kier molecular flexibility index (Phi) is 5.58. The van der Waals surface area contributed by atoms with Gasteiger partial charge in [0.25, 0.3) is 0 Å². The summed E-state index contributed by atoms with van der Waals surface area (Å²) in [5, 5.41) is 14.9. The molecule has 1 amide bonds. The van der Waals surface area contributed by atoms with Gasteiger partial charge >= 0.3 is 5.97 Å². The van der Waals surface area contributed by atoms with Gasteiger partial charge in [-0.25, -0.2) is 4.79 Å². The number of hydrogen-bond acceptors (Lipinski definition) is 4. The number of carboxylic acids is 1. The van der Waals surface area contributed by atoms with Gasteiger partial charge in [-0.05, 0) is 42.5 Å². The van der Waals surface area contributed by atoms with E-state index in [-0.39, 0.29) is 22.7 Å². The van der Waals surface area contributed by atoms with Crippen LogP contribution in [0.3, 0.4) is 0 Å². The van der Waals surface area contributed by atoms with Crippen molar-refractivity contribution >= 4 is 46.5 Å². The Hall–Kier alpha value is -2.38. The van der Waals surface area contributed by atoms with Crippen LogP contribution in [0.25, 0.3) is 11.3 Å². The van der Waals surface area contributed by atoms with Crippen molar-refractivity contribution in [2.45, 2.75) is 13.8 Å². The van der Waals surface area contributed by atoms with Crippen molar-refractivity contribution in [2.24, 2.45) is 5.92 Å². The molecule has 0 radical (unpaired) electrons. The molecule has 0 unspecified atom stereocenters. The molecule has 0 aliphatic rings. The van der Waals surface area contributed by atoms with E-state index in [2.05, 4.69) is 10.6 Å². The van der Waals surface area contributed by atoms with Crippen molar-refractivity contribution in [1.82, 2.24) is 5.32 Å². The summed E-state index contributed by atoms with van der Waals surface area (Å²) in [6, 6.07) is 7.82. The average molecular weight is 367 g/mol. The highest BCUT2D eigenvalue weighted by molar-refractivity contribution is 7.80. The number of benzene rings is 1. The molecule has 0 aliphatic carbocycles. The summed E-state index contributed by atoms with van der Waals surface area (Å²) < 4.78 is 5.25. The molecule has 1 heterocycles. The zero-order valence-electron chi connectivity index (χ0n) is 12.9. The molecule has 0 atom stereocenters. The summed E-state index contributed by atoms with van der Waals surface area (Å²) in [4.78, 5) is 22.5. The molecular formula is C16H15ClN2O4S. The zero-order valence-corrected chi connectivity index (χ0v) is 14.5. The SMILES string of the molecule is CC(C)C(=O)NC(=S)Nc1ccc(Cl)c(-c2ccc(C(=O)O)o2)c1. The number of nitrogens with one attached hydrogen (secondary N) is 2. The first-order chi connectivity index (χ1) is 11.3. The highest BCUT2D eigenvalue weighted by Gasteiger charge is 2.14. The van der Waals surface area contributed by atoms with E-state index >= 15 is 0 Å². The van der Waals surface area contributed by atoms with Gasteiger partial charge in [0.2, 0.25) is 11.7 Å². The molecule has 3 N–H and O–H groups in total. The average Bonchev–Trinajstić information content (AvgIpc) is 2.98. The molecule has 24 heavy (non-hydrogen) atoms. The smallest absolute Gasteiger partial charge is 0.371 e. The molecule has 0 bridgehead atoms. The lowest BCUT2D eigenvalue weighted by Gasteiger charge is -2.12. The lowest BCUT2D eigenvalue weighted by molar-refractivity contribution is -0.122. The lowest BCUT2D eigenvalue weighted by Crippen LogP contribution is -2.36. The first kappa shape index (κ1) is 18.0. The second kappa shape index (κ2) is 7.46. The van der Waals surface area contributed by atoms with E-state index in [1.54, 1.807) is 32.0 Å². The Morgan fingerprint density at radius 1 is 1.25 bits per heavy atom. The van der Waals surface area contributed by atoms with Crippen LogP contribution in [0.1, 0.15) is 24.4 Å². The fourth-order valence-corrected chi connectivity index (χ4v) is 2.24. The highest BCUT2D eigenvalue weighted by atomic mass is 35.5. The summed E-state index contributed by atoms with van der Waals surface area (Å²) in [7, 11) is 0. The number of halogens is 1. The van der Waals surface area contributed by atoms with Crippen molar-refractivity contribution in [3.8, 4) is 11.3 Å². The van der Waals surface area contributed by atoms with E-state index in [0.29, 0.717) is 22.0 Å². The second-order valence-electron chi connectivity index (χ2n) is 5.26. The van der Waals surface area contributed by atoms with Gasteiger partial charge in [0, 0.05) is 17.2 Å². The molecule has 2 rings (SSSR count). The predicted octanol–water partition coefficient (Wildman–Crippen LogP) is 3.77. The normalized spacial score (nSPS) is 10.5. The number of carboxylic acid groups (broad SMARTS) is 1. The van der Waals surface area contributed by atoms with Crippen LogP contribution in [-0.4, -0.2) is 22.1 Å². The summed E-state index contributed by atoms with van der Waals surface area (Å²) in [5.41, 5.74) is 1.09. The monoisotopic (exact) mass is 366 g/mol. The third kappa shape index (κ3) is 4.33. The van der Waals surface area contributed by atoms with Crippen LogP contribution in [0.5, 0.6) is 0 Å². The van der Waals surface area contributed by atoms with Gasteiger partial charge in [-0.2, -0.15) is 0 Å². The summed E-state index contributed by atoms with van der Waals surface area (Å²) in [5.74, 6) is -1.41. The fraction of sp³-hybridized carbons (Fsp3) is 0.188. The summed E-state index contributed by atoms with van der Waals surface area (Å²) in [6.07, 6.45) is 0. The number of furan rings is 1. The first-order valence-corrected chi connectivity index (χ1v) is 7.81. The maximum Gasteiger partial charge on any atom is 0.371 e. The number of aromatic carboxylic acids is 1. The van der Waals surface area contributed by atoms with Crippen molar-refractivity contribution < 1.29 is 19.1 Å². The summed E-state index contributed by atoms with van der Waals surface area (Å²) in [6.45, 7) is 3.52. The standard InChI is InChI=1S/C16H15ClN2O4S/c1-8(2)14(20)19-16(24)18-9-3-4-11(17)10(7-9)12-5-6-13(23-12)15(21)22/h3-8H,1-2H3,(H,21,22)(H2,18,19,20,24). The Bertz CT molecular complexity index is 801. The Balaban J connectivity index is 2.20. The summed E-state index contributed by atoms with van der Waals surface area (Å²) >= 11 is 11.2. The number of carbonyl (C=O) groups excluding carboxylic acids is 1. The van der Waals surface area contributed by atoms with Gasteiger partial charge in [-0.1, -0.05) is 25.4 Å². The van der Waals surface area contributed by atoms with Gasteiger partial charge in [0.1, 0.15) is 5.76 Å². The minimum atomic E-state index is -1.16. The highest BCUT2D eigenvalue weighted by Crippen LogP contribution is 2.32. The predicted molar refractivity (Wildman–Crippen MR) is 95.3 cm³/mol. The fourth-order valence-electron chi connectivity index (χ4n) is 1.81. The molecule has 2 aromatic rings. The number of rotatable bonds is 4. The third-order valence-electron chi connectivity index (χ3n) is 3.07. The third-order valence-corrected chi connectivity index (χ3v) is 3.60. The van der Waals surface area contributed by atoms with E-state index in [0.717, 1.165) is 0 Å². The number of carbonyl (C=O) groups is 2. The number of amides is 1. The molecule has 0 spiro atoms. The molecule has 8 heteroatoms. The van der Waals surface area contributed by atoms with Gasteiger partial charge < -0.3 is 20.2 Å². The van der Waals surface area contributed by atoms with Crippen LogP contribution in [0.4, 0.5) is 5.69 Å². The van der Waals surface area contributed by atoms with Crippen molar-refractivity contribution in [3.05, 3.63) is 41.1 Å². The second-order valence-corrected chi connectivity index (χ2v) is 6.08. The number of anilines is 1. The van der Waals surface area contributed by atoms with Gasteiger partial charge in [-0.3, -0.25) is 4.79 Å². The minimum absolute atomic E-state index is 0.160. The lowest BCUT2D eigenvalue weighted by atomic mass is 10.1. The molecule has 0 fully saturated rings. The minimum Gasteiger partial charge on any atom is -0.475 e. The van der Waals surface area contributed by atoms with Crippen LogP contribution >= 0.6 is 23.8 Å². The topological polar surface area (TPSA) is 91.6 Å². The zero-order chi connectivity index (χ0) is 17.9. The maximum atomic E-state index is 11.6. The Morgan fingerprint density at radius 2 is 1.96 bits per heavy atom. The molecule has 6 nitrogen and oxygen atoms in total. The Morgan fingerprint density at radius 3 is 2.54 bits per heavy atom. The van der Waals surface area contributed by atoms with Crippen LogP contribution in [-0.2, 0) is 4.79 Å². The number of hydrogen-bond donors (Lipinski definition) is 3. The van der Waals surface area contributed by atoms with Crippen LogP contribution < -0.4 is 10.6 Å². The molecule has 1 aromatic carbocycles. The van der Waals surface area contributed by atoms with Crippen LogP contribution in [0.2, 0.25) is 5.02 Å². The quantitative estimate of drug-likeness (QED) is 0.713. The molecule has 126 valence electrons. The van der Waals surface area contributed by atoms with Crippen LogP contribution in [0, 0.1) is 5.92 Å². The molecule has 0 saturated heterocycles. The molecular weight excluding hydrogens is 352 g/mol. The molecule has 0 aliphatic heterocycles. The first-order valence-electron chi connectivity index (χ1n) is 7.03. The van der Waals surface area contributed by atoms with Crippen molar-refractivity contribution in [2.75, 3.05) is 5.32 Å². The van der Waals surface area contributed by atoms with Gasteiger partial charge in [-0.15, -0.1) is 0 Å². The van der Waals surface area contributed by atoms with Gasteiger partial charge in [0.15, 0.2) is 5.11 Å². The molecule has 1 aromatic heterocycles. The van der Waals surface area contributed by atoms with E-state index < -0.39 is 5.97 Å². The van der Waals surface area contributed by atoms with E-state index in [1.165, 1.54) is 12.1 Å². The van der Waals surface area contributed by atoms with E-state index in [9.17, 15) is 9.59 Å². The van der Waals surface area contributed by atoms with E-state index in [4.69, 9.17) is 33.3 Å². The Labute approximate surface area is 148 Å². The largest absolute Gasteiger partial charge is 0.475 e. The van der Waals surface area contributed by atoms with Crippen LogP contribution in [0.15, 0.2) is 34.7 Å². The number of thiocarbonyl (C=S) groups is 1. The maximum absolute atomic E-state index is 11.6. The van der Waals surface area contributed by atoms with E-state index in [1.807, 2.05) is 0 Å². The molecule has 0 saturated carbocycles. The van der Waals surface area contributed by atoms with Crippen molar-refractivity contribution in [3.63, 3.8) is 0 Å². The van der Waals surface area contributed by atoms with Crippen molar-refractivity contribution in [1.29, 1.82) is 0 Å².